The Morgan fingerprint density at radius 1 is 0.955 bits per heavy atom. The van der Waals surface area contributed by atoms with E-state index in [0.717, 1.165) is 41.1 Å². The fraction of sp³-hybridized carbons (Fsp3) is 0.412. The van der Waals surface area contributed by atoms with E-state index in [1.165, 1.54) is 4.90 Å². The third-order valence-corrected chi connectivity index (χ3v) is 10.6. The van der Waals surface area contributed by atoms with Gasteiger partial charge in [0, 0.05) is 22.6 Å². The van der Waals surface area contributed by atoms with Gasteiger partial charge in [0.25, 0.3) is 10.0 Å². The van der Waals surface area contributed by atoms with E-state index in [1.807, 2.05) is 26.0 Å². The van der Waals surface area contributed by atoms with E-state index < -0.39 is 28.5 Å². The van der Waals surface area contributed by atoms with Gasteiger partial charge in [-0.05, 0) is 79.6 Å². The van der Waals surface area contributed by atoms with E-state index in [9.17, 15) is 18.0 Å². The van der Waals surface area contributed by atoms with Crippen LogP contribution in [0.1, 0.15) is 75.5 Å². The molecule has 0 aromatic heterocycles. The number of hydrogen-bond acceptors (Lipinski definition) is 4. The highest BCUT2D eigenvalue weighted by Gasteiger charge is 2.35. The molecule has 236 valence electrons. The molecule has 10 heteroatoms. The number of carbonyl (C=O) groups is 2. The van der Waals surface area contributed by atoms with Crippen LogP contribution in [-0.2, 0) is 26.2 Å². The standard InChI is InChI=1S/C34H41Cl2N3O4S/c1-5-32(34(41)37-28-8-6-7-9-28)38(21-26-12-15-27(35)20-31(26)36)33(40)22-39(29-16-13-25(14-17-29)23(2)3)44(42,43)30-18-10-24(4)11-19-30/h10-20,23,28,32H,5-9,21-22H2,1-4H3,(H,37,41)/t32-/m1/s1. The minimum absolute atomic E-state index is 0.0101. The molecule has 3 aromatic rings. The zero-order chi connectivity index (χ0) is 32.0. The molecule has 4 rings (SSSR count). The smallest absolute Gasteiger partial charge is 0.264 e. The van der Waals surface area contributed by atoms with Crippen LogP contribution in [0.25, 0.3) is 0 Å². The summed E-state index contributed by atoms with van der Waals surface area (Å²) >= 11 is 12.7. The van der Waals surface area contributed by atoms with Crippen molar-refractivity contribution < 1.29 is 18.0 Å². The number of rotatable bonds is 12. The van der Waals surface area contributed by atoms with Gasteiger partial charge in [0.1, 0.15) is 12.6 Å². The molecule has 0 radical (unpaired) electrons. The molecule has 1 fully saturated rings. The first kappa shape index (κ1) is 33.8. The highest BCUT2D eigenvalue weighted by molar-refractivity contribution is 7.92. The topological polar surface area (TPSA) is 86.8 Å². The molecule has 2 amide bonds. The minimum Gasteiger partial charge on any atom is -0.352 e. The van der Waals surface area contributed by atoms with E-state index in [0.29, 0.717) is 27.7 Å². The maximum atomic E-state index is 14.3. The molecular weight excluding hydrogens is 617 g/mol. The maximum absolute atomic E-state index is 14.3. The van der Waals surface area contributed by atoms with Crippen LogP contribution >= 0.6 is 23.2 Å². The summed E-state index contributed by atoms with van der Waals surface area (Å²) in [5.74, 6) is -0.531. The Hall–Kier alpha value is -3.07. The number of amides is 2. The number of halogens is 2. The van der Waals surface area contributed by atoms with Crippen molar-refractivity contribution in [2.75, 3.05) is 10.8 Å². The maximum Gasteiger partial charge on any atom is 0.264 e. The monoisotopic (exact) mass is 657 g/mol. The molecule has 1 aliphatic rings. The van der Waals surface area contributed by atoms with Crippen molar-refractivity contribution >= 4 is 50.7 Å². The summed E-state index contributed by atoms with van der Waals surface area (Å²) in [5, 5.41) is 3.92. The predicted octanol–water partition coefficient (Wildman–Crippen LogP) is 7.49. The summed E-state index contributed by atoms with van der Waals surface area (Å²) in [6.07, 6.45) is 4.23. The number of hydrogen-bond donors (Lipinski definition) is 1. The molecule has 44 heavy (non-hydrogen) atoms. The van der Waals surface area contributed by atoms with Crippen LogP contribution in [0.2, 0.25) is 10.0 Å². The van der Waals surface area contributed by atoms with Crippen LogP contribution in [0.5, 0.6) is 0 Å². The average molecular weight is 659 g/mol. The zero-order valence-electron chi connectivity index (χ0n) is 25.7. The van der Waals surface area contributed by atoms with Crippen LogP contribution in [0.4, 0.5) is 5.69 Å². The first-order chi connectivity index (χ1) is 20.9. The van der Waals surface area contributed by atoms with Crippen molar-refractivity contribution in [1.29, 1.82) is 0 Å². The van der Waals surface area contributed by atoms with Gasteiger partial charge in [-0.1, -0.05) is 92.7 Å². The van der Waals surface area contributed by atoms with E-state index in [-0.39, 0.29) is 29.3 Å². The summed E-state index contributed by atoms with van der Waals surface area (Å²) in [5.41, 5.74) is 2.92. The molecule has 7 nitrogen and oxygen atoms in total. The Labute approximate surface area is 271 Å². The van der Waals surface area contributed by atoms with Crippen LogP contribution in [0, 0.1) is 6.92 Å². The van der Waals surface area contributed by atoms with E-state index in [1.54, 1.807) is 54.6 Å². The Morgan fingerprint density at radius 2 is 1.59 bits per heavy atom. The van der Waals surface area contributed by atoms with Crippen LogP contribution in [-0.4, -0.2) is 43.8 Å². The number of nitrogens with zero attached hydrogens (tertiary/aromatic N) is 2. The summed E-state index contributed by atoms with van der Waals surface area (Å²) < 4.78 is 29.4. The van der Waals surface area contributed by atoms with Gasteiger partial charge in [-0.25, -0.2) is 8.42 Å². The fourth-order valence-electron chi connectivity index (χ4n) is 5.51. The molecule has 0 bridgehead atoms. The second-order valence-electron chi connectivity index (χ2n) is 11.7. The van der Waals surface area contributed by atoms with Crippen molar-refractivity contribution in [2.24, 2.45) is 0 Å². The van der Waals surface area contributed by atoms with Crippen molar-refractivity contribution in [3.05, 3.63) is 93.5 Å². The molecule has 1 saturated carbocycles. The van der Waals surface area contributed by atoms with Gasteiger partial charge in [0.15, 0.2) is 0 Å². The van der Waals surface area contributed by atoms with Gasteiger partial charge >= 0.3 is 0 Å². The number of carbonyl (C=O) groups excluding carboxylic acids is 2. The summed E-state index contributed by atoms with van der Waals surface area (Å²) in [6.45, 7) is 7.34. The molecule has 0 unspecified atom stereocenters. The van der Waals surface area contributed by atoms with Crippen LogP contribution < -0.4 is 9.62 Å². The fourth-order valence-corrected chi connectivity index (χ4v) is 7.39. The molecule has 0 aliphatic heterocycles. The van der Waals surface area contributed by atoms with E-state index in [2.05, 4.69) is 19.2 Å². The van der Waals surface area contributed by atoms with Crippen LogP contribution in [0.15, 0.2) is 71.6 Å². The normalized spacial score (nSPS) is 14.4. The zero-order valence-corrected chi connectivity index (χ0v) is 28.1. The molecule has 1 N–H and O–H groups in total. The van der Waals surface area contributed by atoms with Gasteiger partial charge in [-0.15, -0.1) is 0 Å². The van der Waals surface area contributed by atoms with Gasteiger partial charge < -0.3 is 10.2 Å². The predicted molar refractivity (Wildman–Crippen MR) is 178 cm³/mol. The number of aryl methyl sites for hydroxylation is 1. The third kappa shape index (κ3) is 8.14. The molecular formula is C34H41Cl2N3O4S. The van der Waals surface area contributed by atoms with Crippen LogP contribution in [0.3, 0.4) is 0 Å². The Morgan fingerprint density at radius 3 is 2.16 bits per heavy atom. The lowest BCUT2D eigenvalue weighted by molar-refractivity contribution is -0.140. The Kier molecular flexibility index (Phi) is 11.4. The minimum atomic E-state index is -4.15. The van der Waals surface area contributed by atoms with Gasteiger partial charge in [-0.2, -0.15) is 0 Å². The summed E-state index contributed by atoms with van der Waals surface area (Å²) in [4.78, 5) is 29.5. The van der Waals surface area contributed by atoms with Crippen molar-refractivity contribution in [1.82, 2.24) is 10.2 Å². The number of nitrogens with one attached hydrogen (secondary N) is 1. The lowest BCUT2D eigenvalue weighted by atomic mass is 10.0. The highest BCUT2D eigenvalue weighted by atomic mass is 35.5. The summed E-state index contributed by atoms with van der Waals surface area (Å²) in [7, 11) is -4.15. The van der Waals surface area contributed by atoms with E-state index in [4.69, 9.17) is 23.2 Å². The number of sulfonamides is 1. The van der Waals surface area contributed by atoms with Gasteiger partial charge in [-0.3, -0.25) is 13.9 Å². The third-order valence-electron chi connectivity index (χ3n) is 8.18. The second kappa shape index (κ2) is 14.8. The Bertz CT molecular complexity index is 1550. The first-order valence-corrected chi connectivity index (χ1v) is 17.3. The summed E-state index contributed by atoms with van der Waals surface area (Å²) in [6, 6.07) is 17.9. The molecule has 1 aliphatic carbocycles. The van der Waals surface area contributed by atoms with Crippen molar-refractivity contribution in [3.8, 4) is 0 Å². The lowest BCUT2D eigenvalue weighted by Crippen LogP contribution is -2.53. The SMILES string of the molecule is CC[C@H](C(=O)NC1CCCC1)N(Cc1ccc(Cl)cc1Cl)C(=O)CN(c1ccc(C(C)C)cc1)S(=O)(=O)c1ccc(C)cc1. The number of anilines is 1. The molecule has 0 heterocycles. The highest BCUT2D eigenvalue weighted by Crippen LogP contribution is 2.28. The molecule has 0 saturated heterocycles. The van der Waals surface area contributed by atoms with Gasteiger partial charge in [0.2, 0.25) is 11.8 Å². The molecule has 0 spiro atoms. The quantitative estimate of drug-likeness (QED) is 0.219. The molecule has 1 atom stereocenters. The largest absolute Gasteiger partial charge is 0.352 e. The van der Waals surface area contributed by atoms with Crippen molar-refractivity contribution in [2.45, 2.75) is 89.2 Å². The molecule has 3 aromatic carbocycles. The second-order valence-corrected chi connectivity index (χ2v) is 14.4. The first-order valence-electron chi connectivity index (χ1n) is 15.1. The van der Waals surface area contributed by atoms with E-state index >= 15 is 0 Å². The van der Waals surface area contributed by atoms with Gasteiger partial charge in [0.05, 0.1) is 10.6 Å². The average Bonchev–Trinajstić information content (AvgIpc) is 3.50. The number of benzene rings is 3. The van der Waals surface area contributed by atoms with Crippen molar-refractivity contribution in [3.63, 3.8) is 0 Å². The lowest BCUT2D eigenvalue weighted by Gasteiger charge is -2.34. The Balaban J connectivity index is 1.74.